The maximum atomic E-state index is 12.8. The lowest BCUT2D eigenvalue weighted by Crippen LogP contribution is -2.13. The van der Waals surface area contributed by atoms with Crippen molar-refractivity contribution in [2.24, 2.45) is 0 Å². The zero-order chi connectivity index (χ0) is 18.9. The van der Waals surface area contributed by atoms with Crippen LogP contribution in [0.3, 0.4) is 0 Å². The first-order chi connectivity index (χ1) is 12.2. The predicted octanol–water partition coefficient (Wildman–Crippen LogP) is 3.10. The Morgan fingerprint density at radius 1 is 1.08 bits per heavy atom. The minimum absolute atomic E-state index is 0.115. The maximum Gasteiger partial charge on any atom is 0.416 e. The molecule has 0 atom stereocenters. The van der Waals surface area contributed by atoms with Gasteiger partial charge < -0.3 is 4.18 Å². The molecule has 3 aromatic rings. The number of rotatable bonds is 4. The van der Waals surface area contributed by atoms with Crippen LogP contribution in [0.25, 0.3) is 5.69 Å². The van der Waals surface area contributed by atoms with E-state index in [0.29, 0.717) is 17.8 Å². The number of halogens is 4. The van der Waals surface area contributed by atoms with E-state index < -0.39 is 26.8 Å². The molecule has 0 fully saturated rings. The summed E-state index contributed by atoms with van der Waals surface area (Å²) >= 11 is 5.74. The summed E-state index contributed by atoms with van der Waals surface area (Å²) in [7, 11) is -4.57. The Labute approximate surface area is 150 Å². The molecule has 7 nitrogen and oxygen atoms in total. The average Bonchev–Trinajstić information content (AvgIpc) is 3.09. The SMILES string of the molecule is O=S(=O)(Oc1ccc(-n2cnnn2)cc1)c1cc(C(F)(F)F)ccc1Cl. The normalized spacial score (nSPS) is 12.2. The zero-order valence-corrected chi connectivity index (χ0v) is 14.1. The highest BCUT2D eigenvalue weighted by Crippen LogP contribution is 2.34. The molecule has 3 rings (SSSR count). The number of alkyl halides is 3. The molecule has 0 aliphatic rings. The van der Waals surface area contributed by atoms with Gasteiger partial charge in [-0.25, -0.2) is 4.68 Å². The standard InChI is InChI=1S/C14H8ClF3N4O3S/c15-12-6-1-9(14(16,17)18)7-13(12)26(23,24)25-11-4-2-10(3-5-11)22-8-19-20-21-22/h1-8H. The third kappa shape index (κ3) is 3.78. The Balaban J connectivity index is 1.90. The summed E-state index contributed by atoms with van der Waals surface area (Å²) in [5, 5.41) is 10.2. The van der Waals surface area contributed by atoms with Crippen LogP contribution in [0, 0.1) is 0 Å². The van der Waals surface area contributed by atoms with Gasteiger partial charge in [-0.2, -0.15) is 21.6 Å². The van der Waals surface area contributed by atoms with E-state index in [1.54, 1.807) is 0 Å². The molecule has 0 radical (unpaired) electrons. The second-order valence-corrected chi connectivity index (χ2v) is 6.85. The van der Waals surface area contributed by atoms with Gasteiger partial charge in [0.05, 0.1) is 16.3 Å². The molecule has 0 amide bonds. The summed E-state index contributed by atoms with van der Waals surface area (Å²) in [4.78, 5) is -0.779. The smallest absolute Gasteiger partial charge is 0.379 e. The minimum Gasteiger partial charge on any atom is -0.379 e. The van der Waals surface area contributed by atoms with Gasteiger partial charge in [-0.1, -0.05) is 11.6 Å². The Kier molecular flexibility index (Phi) is 4.59. The molecule has 0 saturated carbocycles. The lowest BCUT2D eigenvalue weighted by atomic mass is 10.2. The molecule has 0 bridgehead atoms. The molecule has 12 heteroatoms. The Morgan fingerprint density at radius 3 is 2.35 bits per heavy atom. The zero-order valence-electron chi connectivity index (χ0n) is 12.6. The summed E-state index contributed by atoms with van der Waals surface area (Å²) in [5.74, 6) is -0.115. The number of hydrogen-bond donors (Lipinski definition) is 0. The second-order valence-electron chi connectivity index (χ2n) is 4.93. The van der Waals surface area contributed by atoms with Gasteiger partial charge >= 0.3 is 16.3 Å². The average molecular weight is 405 g/mol. The molecular weight excluding hydrogens is 397 g/mol. The van der Waals surface area contributed by atoms with E-state index in [9.17, 15) is 21.6 Å². The Bertz CT molecular complexity index is 1020. The molecule has 1 heterocycles. The van der Waals surface area contributed by atoms with Gasteiger partial charge in [0.2, 0.25) is 0 Å². The molecule has 0 saturated heterocycles. The Hall–Kier alpha value is -2.66. The Morgan fingerprint density at radius 2 is 1.77 bits per heavy atom. The van der Waals surface area contributed by atoms with Crippen LogP contribution in [0.4, 0.5) is 13.2 Å². The van der Waals surface area contributed by atoms with Gasteiger partial charge in [0.25, 0.3) is 0 Å². The van der Waals surface area contributed by atoms with E-state index in [1.165, 1.54) is 35.3 Å². The highest BCUT2D eigenvalue weighted by Gasteiger charge is 2.33. The first kappa shape index (κ1) is 18.1. The van der Waals surface area contributed by atoms with Gasteiger partial charge in [-0.15, -0.1) is 5.10 Å². The van der Waals surface area contributed by atoms with E-state index in [4.69, 9.17) is 15.8 Å². The third-order valence-electron chi connectivity index (χ3n) is 3.18. The van der Waals surface area contributed by atoms with Crippen molar-refractivity contribution in [3.63, 3.8) is 0 Å². The van der Waals surface area contributed by atoms with Crippen molar-refractivity contribution in [1.29, 1.82) is 0 Å². The third-order valence-corrected chi connectivity index (χ3v) is 4.91. The van der Waals surface area contributed by atoms with Gasteiger partial charge in [-0.05, 0) is 52.9 Å². The van der Waals surface area contributed by atoms with Crippen molar-refractivity contribution in [2.45, 2.75) is 11.1 Å². The van der Waals surface area contributed by atoms with Crippen molar-refractivity contribution >= 4 is 21.7 Å². The summed E-state index contributed by atoms with van der Waals surface area (Å²) in [5.41, 5.74) is -0.630. The van der Waals surface area contributed by atoms with Gasteiger partial charge in [-0.3, -0.25) is 0 Å². The van der Waals surface area contributed by atoms with Crippen LogP contribution in [0.5, 0.6) is 5.75 Å². The van der Waals surface area contributed by atoms with E-state index in [-0.39, 0.29) is 10.8 Å². The van der Waals surface area contributed by atoms with Gasteiger partial charge in [0.15, 0.2) is 0 Å². The molecule has 2 aromatic carbocycles. The lowest BCUT2D eigenvalue weighted by molar-refractivity contribution is -0.137. The molecule has 0 aliphatic heterocycles. The van der Waals surface area contributed by atoms with Gasteiger partial charge in [0.1, 0.15) is 17.0 Å². The predicted molar refractivity (Wildman–Crippen MR) is 83.4 cm³/mol. The van der Waals surface area contributed by atoms with Crippen LogP contribution in [0.2, 0.25) is 5.02 Å². The molecule has 0 spiro atoms. The van der Waals surface area contributed by atoms with E-state index in [2.05, 4.69) is 15.5 Å². The summed E-state index contributed by atoms with van der Waals surface area (Å²) in [6.45, 7) is 0. The van der Waals surface area contributed by atoms with E-state index in [0.717, 1.165) is 6.07 Å². The van der Waals surface area contributed by atoms with E-state index in [1.807, 2.05) is 0 Å². The first-order valence-corrected chi connectivity index (χ1v) is 8.60. The summed E-state index contributed by atoms with van der Waals surface area (Å²) in [6, 6.07) is 7.49. The second kappa shape index (κ2) is 6.57. The number of nitrogens with zero attached hydrogens (tertiary/aromatic N) is 4. The minimum atomic E-state index is -4.72. The number of benzene rings is 2. The van der Waals surface area contributed by atoms with Crippen molar-refractivity contribution in [3.05, 3.63) is 59.4 Å². The highest BCUT2D eigenvalue weighted by molar-refractivity contribution is 7.87. The maximum absolute atomic E-state index is 12.8. The topological polar surface area (TPSA) is 87.0 Å². The molecular formula is C14H8ClF3N4O3S. The monoisotopic (exact) mass is 404 g/mol. The van der Waals surface area contributed by atoms with Gasteiger partial charge in [0, 0.05) is 0 Å². The van der Waals surface area contributed by atoms with Crippen LogP contribution in [0.1, 0.15) is 5.56 Å². The number of aromatic nitrogens is 4. The van der Waals surface area contributed by atoms with Crippen molar-refractivity contribution in [1.82, 2.24) is 20.2 Å². The van der Waals surface area contributed by atoms with Crippen LogP contribution < -0.4 is 4.18 Å². The number of tetrazole rings is 1. The van der Waals surface area contributed by atoms with Crippen LogP contribution in [-0.2, 0) is 16.3 Å². The van der Waals surface area contributed by atoms with Crippen LogP contribution in [-0.4, -0.2) is 28.6 Å². The number of hydrogen-bond acceptors (Lipinski definition) is 6. The molecule has 1 aromatic heterocycles. The molecule has 136 valence electrons. The summed E-state index contributed by atoms with van der Waals surface area (Å²) < 4.78 is 69.2. The van der Waals surface area contributed by atoms with Crippen LogP contribution in [0.15, 0.2) is 53.7 Å². The van der Waals surface area contributed by atoms with Crippen LogP contribution >= 0.6 is 11.6 Å². The fourth-order valence-electron chi connectivity index (χ4n) is 1.98. The first-order valence-electron chi connectivity index (χ1n) is 6.81. The van der Waals surface area contributed by atoms with Crippen molar-refractivity contribution < 1.29 is 25.8 Å². The molecule has 0 aliphatic carbocycles. The molecule has 0 N–H and O–H groups in total. The molecule has 0 unspecified atom stereocenters. The van der Waals surface area contributed by atoms with E-state index >= 15 is 0 Å². The largest absolute Gasteiger partial charge is 0.416 e. The highest BCUT2D eigenvalue weighted by atomic mass is 35.5. The quantitative estimate of drug-likeness (QED) is 0.621. The van der Waals surface area contributed by atoms with Crippen molar-refractivity contribution in [3.8, 4) is 11.4 Å². The fourth-order valence-corrected chi connectivity index (χ4v) is 3.41. The van der Waals surface area contributed by atoms with Crippen molar-refractivity contribution in [2.75, 3.05) is 0 Å². The lowest BCUT2D eigenvalue weighted by Gasteiger charge is -2.12. The summed E-state index contributed by atoms with van der Waals surface area (Å²) in [6.07, 6.45) is -3.39. The molecule has 26 heavy (non-hydrogen) atoms. The fraction of sp³-hybridized carbons (Fsp3) is 0.0714.